The zero-order valence-corrected chi connectivity index (χ0v) is 13.4. The van der Waals surface area contributed by atoms with Crippen LogP contribution in [-0.4, -0.2) is 34.1 Å². The summed E-state index contributed by atoms with van der Waals surface area (Å²) in [5, 5.41) is 4.71. The van der Waals surface area contributed by atoms with Crippen molar-refractivity contribution in [2.45, 2.75) is 70.4 Å². The molecule has 0 unspecified atom stereocenters. The molecule has 4 bridgehead atoms. The quantitative estimate of drug-likeness (QED) is 0.797. The van der Waals surface area contributed by atoms with E-state index in [0.29, 0.717) is 11.9 Å². The SMILES string of the molecule is CC1(C)C(=O)N(C2C3CC4CC(C3)CC2C4)N1CC1CC1. The molecule has 5 aliphatic carbocycles. The van der Waals surface area contributed by atoms with Crippen LogP contribution < -0.4 is 0 Å². The lowest BCUT2D eigenvalue weighted by Crippen LogP contribution is -2.79. The highest BCUT2D eigenvalue weighted by Crippen LogP contribution is 2.57. The normalized spacial score (nSPS) is 47.8. The number of hydrogen-bond acceptors (Lipinski definition) is 2. The fraction of sp³-hybridized carbons (Fsp3) is 0.944. The number of amides is 1. The summed E-state index contributed by atoms with van der Waals surface area (Å²) in [6.07, 6.45) is 9.84. The molecule has 0 atom stereocenters. The molecule has 1 aliphatic heterocycles. The lowest BCUT2D eigenvalue weighted by molar-refractivity contribution is -0.249. The van der Waals surface area contributed by atoms with Crippen molar-refractivity contribution in [1.29, 1.82) is 0 Å². The first-order valence-electron chi connectivity index (χ1n) is 9.15. The summed E-state index contributed by atoms with van der Waals surface area (Å²) >= 11 is 0. The molecule has 3 nitrogen and oxygen atoms in total. The van der Waals surface area contributed by atoms with E-state index in [0.717, 1.165) is 36.1 Å². The first-order chi connectivity index (χ1) is 10.0. The number of carbonyl (C=O) groups is 1. The molecule has 5 saturated carbocycles. The van der Waals surface area contributed by atoms with E-state index >= 15 is 0 Å². The van der Waals surface area contributed by atoms with Crippen LogP contribution in [0, 0.1) is 29.6 Å². The van der Waals surface area contributed by atoms with E-state index in [4.69, 9.17) is 0 Å². The second-order valence-electron chi connectivity index (χ2n) is 9.16. The fourth-order valence-electron chi connectivity index (χ4n) is 6.18. The van der Waals surface area contributed by atoms with Crippen LogP contribution in [0.2, 0.25) is 0 Å². The lowest BCUT2D eigenvalue weighted by atomic mass is 9.53. The molecule has 0 N–H and O–H groups in total. The fourth-order valence-corrected chi connectivity index (χ4v) is 6.18. The Morgan fingerprint density at radius 1 is 1.00 bits per heavy atom. The second-order valence-corrected chi connectivity index (χ2v) is 9.16. The van der Waals surface area contributed by atoms with E-state index in [9.17, 15) is 4.79 Å². The van der Waals surface area contributed by atoms with Crippen molar-refractivity contribution in [2.24, 2.45) is 29.6 Å². The van der Waals surface area contributed by atoms with E-state index in [1.54, 1.807) is 0 Å². The molecule has 0 aromatic carbocycles. The van der Waals surface area contributed by atoms with Gasteiger partial charge in [0.15, 0.2) is 0 Å². The minimum Gasteiger partial charge on any atom is -0.271 e. The number of hydrazine groups is 1. The summed E-state index contributed by atoms with van der Waals surface area (Å²) in [6, 6.07) is 0.553. The van der Waals surface area contributed by atoms with Gasteiger partial charge in [-0.1, -0.05) is 0 Å². The molecule has 6 fully saturated rings. The van der Waals surface area contributed by atoms with Crippen LogP contribution in [0.1, 0.15) is 58.8 Å². The average molecular weight is 288 g/mol. The van der Waals surface area contributed by atoms with Crippen LogP contribution >= 0.6 is 0 Å². The van der Waals surface area contributed by atoms with Gasteiger partial charge in [-0.3, -0.25) is 9.80 Å². The molecule has 3 heteroatoms. The minimum atomic E-state index is -0.239. The van der Waals surface area contributed by atoms with Gasteiger partial charge in [-0.25, -0.2) is 5.01 Å². The van der Waals surface area contributed by atoms with Crippen LogP contribution in [0.4, 0.5) is 0 Å². The Balaban J connectivity index is 1.42. The van der Waals surface area contributed by atoms with Gasteiger partial charge in [-0.2, -0.15) is 0 Å². The van der Waals surface area contributed by atoms with Crippen molar-refractivity contribution < 1.29 is 4.79 Å². The van der Waals surface area contributed by atoms with Gasteiger partial charge in [0.25, 0.3) is 5.91 Å². The molecule has 6 aliphatic rings. The molecule has 21 heavy (non-hydrogen) atoms. The number of hydrogen-bond donors (Lipinski definition) is 0. The third kappa shape index (κ3) is 1.73. The van der Waals surface area contributed by atoms with Gasteiger partial charge in [0.1, 0.15) is 5.54 Å². The Morgan fingerprint density at radius 2 is 1.57 bits per heavy atom. The third-order valence-electron chi connectivity index (χ3n) is 7.22. The zero-order valence-electron chi connectivity index (χ0n) is 13.4. The van der Waals surface area contributed by atoms with E-state index in [1.807, 2.05) is 0 Å². The monoisotopic (exact) mass is 288 g/mol. The Labute approximate surface area is 128 Å². The maximum Gasteiger partial charge on any atom is 0.258 e. The molecule has 0 radical (unpaired) electrons. The molecular weight excluding hydrogens is 260 g/mol. The van der Waals surface area contributed by atoms with Crippen LogP contribution in [0.5, 0.6) is 0 Å². The predicted octanol–water partition coefficient (Wildman–Crippen LogP) is 3.06. The standard InChI is InChI=1S/C18H28N2O/c1-18(2)17(21)20(19(18)10-11-3-4-11)16-14-6-12-5-13(8-14)9-15(16)7-12/h11-16H,3-10H2,1-2H3. The van der Waals surface area contributed by atoms with Gasteiger partial charge < -0.3 is 0 Å². The van der Waals surface area contributed by atoms with Crippen molar-refractivity contribution in [3.05, 3.63) is 0 Å². The van der Waals surface area contributed by atoms with Crippen molar-refractivity contribution in [2.75, 3.05) is 6.54 Å². The molecule has 116 valence electrons. The molecule has 0 aromatic heterocycles. The Kier molecular flexibility index (Phi) is 2.48. The highest BCUT2D eigenvalue weighted by molar-refractivity contribution is 5.90. The summed E-state index contributed by atoms with van der Waals surface area (Å²) < 4.78 is 0. The molecule has 1 heterocycles. The molecule has 0 aromatic rings. The van der Waals surface area contributed by atoms with Crippen molar-refractivity contribution in [3.63, 3.8) is 0 Å². The topological polar surface area (TPSA) is 23.6 Å². The first-order valence-corrected chi connectivity index (χ1v) is 9.15. The highest BCUT2D eigenvalue weighted by Gasteiger charge is 2.61. The van der Waals surface area contributed by atoms with Crippen LogP contribution in [0.25, 0.3) is 0 Å². The van der Waals surface area contributed by atoms with Gasteiger partial charge >= 0.3 is 0 Å². The van der Waals surface area contributed by atoms with Gasteiger partial charge in [-0.05, 0) is 88.4 Å². The third-order valence-corrected chi connectivity index (χ3v) is 7.22. The minimum absolute atomic E-state index is 0.239. The highest BCUT2D eigenvalue weighted by atomic mass is 16.2. The van der Waals surface area contributed by atoms with Gasteiger partial charge in [0.2, 0.25) is 0 Å². The molecular formula is C18H28N2O. The second kappa shape index (κ2) is 4.04. The summed E-state index contributed by atoms with van der Waals surface area (Å²) in [5.41, 5.74) is -0.239. The average Bonchev–Trinajstić information content (AvgIpc) is 3.24. The maximum atomic E-state index is 12.8. The number of nitrogens with zero attached hydrogens (tertiary/aromatic N) is 2. The lowest BCUT2D eigenvalue weighted by Gasteiger charge is -2.65. The van der Waals surface area contributed by atoms with Gasteiger partial charge in [0, 0.05) is 6.54 Å². The van der Waals surface area contributed by atoms with E-state index in [2.05, 4.69) is 23.9 Å². The van der Waals surface area contributed by atoms with E-state index in [-0.39, 0.29) is 5.54 Å². The zero-order chi connectivity index (χ0) is 14.4. The van der Waals surface area contributed by atoms with Crippen LogP contribution in [0.15, 0.2) is 0 Å². The number of rotatable bonds is 3. The van der Waals surface area contributed by atoms with Gasteiger partial charge in [0.05, 0.1) is 6.04 Å². The predicted molar refractivity (Wildman–Crippen MR) is 81.2 cm³/mol. The summed E-state index contributed by atoms with van der Waals surface area (Å²) in [4.78, 5) is 12.8. The van der Waals surface area contributed by atoms with Gasteiger partial charge in [-0.15, -0.1) is 0 Å². The number of carbonyl (C=O) groups excluding carboxylic acids is 1. The first kappa shape index (κ1) is 12.9. The molecule has 1 amide bonds. The molecule has 6 rings (SSSR count). The van der Waals surface area contributed by atoms with Crippen LogP contribution in [-0.2, 0) is 4.79 Å². The molecule has 1 saturated heterocycles. The van der Waals surface area contributed by atoms with Crippen molar-refractivity contribution in [1.82, 2.24) is 10.0 Å². The Hall–Kier alpha value is -0.570. The van der Waals surface area contributed by atoms with Crippen LogP contribution in [0.3, 0.4) is 0 Å². The Bertz CT molecular complexity index is 454. The smallest absolute Gasteiger partial charge is 0.258 e. The summed E-state index contributed by atoms with van der Waals surface area (Å²) in [5.74, 6) is 4.86. The Morgan fingerprint density at radius 3 is 2.10 bits per heavy atom. The summed E-state index contributed by atoms with van der Waals surface area (Å²) in [6.45, 7) is 5.39. The summed E-state index contributed by atoms with van der Waals surface area (Å²) in [7, 11) is 0. The van der Waals surface area contributed by atoms with E-state index < -0.39 is 0 Å². The van der Waals surface area contributed by atoms with E-state index in [1.165, 1.54) is 44.9 Å². The largest absolute Gasteiger partial charge is 0.271 e. The van der Waals surface area contributed by atoms with Crippen molar-refractivity contribution in [3.8, 4) is 0 Å². The van der Waals surface area contributed by atoms with Crippen molar-refractivity contribution >= 4 is 5.91 Å². The maximum absolute atomic E-state index is 12.8. The molecule has 0 spiro atoms.